The highest BCUT2D eigenvalue weighted by atomic mass is 19.1. The van der Waals surface area contributed by atoms with Gasteiger partial charge in [0, 0.05) is 6.08 Å². The summed E-state index contributed by atoms with van der Waals surface area (Å²) < 4.78 is 38.1. The standard InChI is InChI=1S/C15H15F2N3O3/c1-3-23-15(21)12(16)8-13-14(17)20(19-18-13)9-10-4-6-11(22-2)7-5-10/h4-8H,3,9H2,1-2H3/b12-8-. The van der Waals surface area contributed by atoms with Crippen molar-refractivity contribution in [1.29, 1.82) is 0 Å². The van der Waals surface area contributed by atoms with Gasteiger partial charge in [0.2, 0.25) is 11.8 Å². The summed E-state index contributed by atoms with van der Waals surface area (Å²) in [5.74, 6) is -2.58. The summed E-state index contributed by atoms with van der Waals surface area (Å²) in [4.78, 5) is 11.2. The van der Waals surface area contributed by atoms with Gasteiger partial charge in [-0.1, -0.05) is 17.3 Å². The number of hydrogen-bond acceptors (Lipinski definition) is 5. The van der Waals surface area contributed by atoms with Gasteiger partial charge in [0.1, 0.15) is 11.4 Å². The minimum atomic E-state index is -1.23. The quantitative estimate of drug-likeness (QED) is 0.603. The Morgan fingerprint density at radius 3 is 2.65 bits per heavy atom. The molecule has 6 nitrogen and oxygen atoms in total. The van der Waals surface area contributed by atoms with Crippen LogP contribution in [0.4, 0.5) is 8.78 Å². The van der Waals surface area contributed by atoms with E-state index < -0.39 is 17.7 Å². The average molecular weight is 323 g/mol. The molecule has 23 heavy (non-hydrogen) atoms. The third-order valence-corrected chi connectivity index (χ3v) is 2.92. The molecule has 0 saturated heterocycles. The molecule has 0 unspecified atom stereocenters. The highest BCUT2D eigenvalue weighted by Crippen LogP contribution is 2.15. The zero-order valence-corrected chi connectivity index (χ0v) is 12.6. The maximum Gasteiger partial charge on any atom is 0.367 e. The normalized spacial score (nSPS) is 11.4. The molecule has 8 heteroatoms. The van der Waals surface area contributed by atoms with Gasteiger partial charge >= 0.3 is 5.97 Å². The first-order valence-electron chi connectivity index (χ1n) is 6.81. The van der Waals surface area contributed by atoms with Gasteiger partial charge in [-0.15, -0.1) is 5.10 Å². The molecule has 0 radical (unpaired) electrons. The Kier molecular flexibility index (Phi) is 5.40. The van der Waals surface area contributed by atoms with Gasteiger partial charge in [-0.3, -0.25) is 0 Å². The van der Waals surface area contributed by atoms with E-state index in [-0.39, 0.29) is 18.8 Å². The molecule has 1 aromatic carbocycles. The van der Waals surface area contributed by atoms with Crippen LogP contribution >= 0.6 is 0 Å². The Bertz CT molecular complexity index is 711. The lowest BCUT2D eigenvalue weighted by Crippen LogP contribution is -2.05. The second-order valence-corrected chi connectivity index (χ2v) is 4.48. The van der Waals surface area contributed by atoms with Gasteiger partial charge in [0.15, 0.2) is 0 Å². The summed E-state index contributed by atoms with van der Waals surface area (Å²) in [6.45, 7) is 1.67. The van der Waals surface area contributed by atoms with Crippen LogP contribution in [0.3, 0.4) is 0 Å². The molecule has 0 aliphatic carbocycles. The first-order chi connectivity index (χ1) is 11.0. The zero-order chi connectivity index (χ0) is 16.8. The monoisotopic (exact) mass is 323 g/mol. The van der Waals surface area contributed by atoms with Crippen LogP contribution in [0.1, 0.15) is 18.2 Å². The van der Waals surface area contributed by atoms with Gasteiger partial charge < -0.3 is 9.47 Å². The van der Waals surface area contributed by atoms with E-state index in [1.165, 1.54) is 6.92 Å². The molecule has 0 bridgehead atoms. The van der Waals surface area contributed by atoms with Crippen molar-refractivity contribution < 1.29 is 23.0 Å². The molecule has 0 saturated carbocycles. The summed E-state index contributed by atoms with van der Waals surface area (Å²) in [5.41, 5.74) is 0.389. The Hall–Kier alpha value is -2.77. The van der Waals surface area contributed by atoms with Gasteiger partial charge in [-0.05, 0) is 24.6 Å². The Balaban J connectivity index is 2.15. The van der Waals surface area contributed by atoms with Crippen molar-refractivity contribution in [1.82, 2.24) is 15.0 Å². The molecule has 1 aromatic heterocycles. The summed E-state index contributed by atoms with van der Waals surface area (Å²) in [6, 6.07) is 6.94. The van der Waals surface area contributed by atoms with E-state index in [9.17, 15) is 13.6 Å². The van der Waals surface area contributed by atoms with Gasteiger partial charge in [-0.2, -0.15) is 8.78 Å². The number of rotatable bonds is 6. The van der Waals surface area contributed by atoms with Crippen molar-refractivity contribution in [3.05, 3.63) is 47.3 Å². The minimum Gasteiger partial charge on any atom is -0.497 e. The molecule has 0 aliphatic heterocycles. The Morgan fingerprint density at radius 1 is 1.35 bits per heavy atom. The van der Waals surface area contributed by atoms with E-state index in [1.54, 1.807) is 31.4 Å². The maximum absolute atomic E-state index is 14.1. The second kappa shape index (κ2) is 7.48. The summed E-state index contributed by atoms with van der Waals surface area (Å²) in [6.07, 6.45) is 0.658. The number of hydrogen-bond donors (Lipinski definition) is 0. The van der Waals surface area contributed by atoms with Crippen LogP contribution in [0.2, 0.25) is 0 Å². The SMILES string of the molecule is CCOC(=O)/C(F)=C/c1nnn(Cc2ccc(OC)cc2)c1F. The van der Waals surface area contributed by atoms with Crippen LogP contribution in [-0.2, 0) is 16.1 Å². The van der Waals surface area contributed by atoms with E-state index in [0.717, 1.165) is 10.2 Å². The van der Waals surface area contributed by atoms with Crippen molar-refractivity contribution >= 4 is 12.0 Å². The molecular weight excluding hydrogens is 308 g/mol. The molecule has 0 N–H and O–H groups in total. The fourth-order valence-electron chi connectivity index (χ4n) is 1.79. The second-order valence-electron chi connectivity index (χ2n) is 4.48. The first-order valence-corrected chi connectivity index (χ1v) is 6.81. The number of nitrogens with zero attached hydrogens (tertiary/aromatic N) is 3. The van der Waals surface area contributed by atoms with E-state index >= 15 is 0 Å². The lowest BCUT2D eigenvalue weighted by Gasteiger charge is -2.03. The summed E-state index contributed by atoms with van der Waals surface area (Å²) in [7, 11) is 1.54. The van der Waals surface area contributed by atoms with Gasteiger partial charge in [-0.25, -0.2) is 9.48 Å². The number of methoxy groups -OCH3 is 1. The molecule has 0 aliphatic rings. The van der Waals surface area contributed by atoms with Crippen LogP contribution in [0, 0.1) is 5.95 Å². The van der Waals surface area contributed by atoms with E-state index in [1.807, 2.05) is 0 Å². The van der Waals surface area contributed by atoms with Crippen molar-refractivity contribution in [2.45, 2.75) is 13.5 Å². The maximum atomic E-state index is 14.1. The van der Waals surface area contributed by atoms with Crippen LogP contribution < -0.4 is 4.74 Å². The van der Waals surface area contributed by atoms with E-state index in [4.69, 9.17) is 4.74 Å². The minimum absolute atomic E-state index is 0.0206. The number of halogens is 2. The molecule has 0 amide bonds. The molecule has 122 valence electrons. The fraction of sp³-hybridized carbons (Fsp3) is 0.267. The predicted octanol–water partition coefficient (Wildman–Crippen LogP) is 2.35. The van der Waals surface area contributed by atoms with E-state index in [0.29, 0.717) is 11.8 Å². The lowest BCUT2D eigenvalue weighted by atomic mass is 10.2. The zero-order valence-electron chi connectivity index (χ0n) is 12.6. The smallest absolute Gasteiger partial charge is 0.367 e. The van der Waals surface area contributed by atoms with Crippen molar-refractivity contribution in [3.8, 4) is 5.75 Å². The fourth-order valence-corrected chi connectivity index (χ4v) is 1.79. The Morgan fingerprint density at radius 2 is 2.04 bits per heavy atom. The number of carbonyl (C=O) groups is 1. The van der Waals surface area contributed by atoms with Crippen LogP contribution in [0.5, 0.6) is 5.75 Å². The number of carbonyl (C=O) groups excluding carboxylic acids is 1. The molecular formula is C15H15F2N3O3. The molecule has 2 rings (SSSR count). The number of benzene rings is 1. The molecule has 0 spiro atoms. The first kappa shape index (κ1) is 16.6. The van der Waals surface area contributed by atoms with Crippen molar-refractivity contribution in [2.24, 2.45) is 0 Å². The predicted molar refractivity (Wildman–Crippen MR) is 77.8 cm³/mol. The van der Waals surface area contributed by atoms with Gasteiger partial charge in [0.05, 0.1) is 20.3 Å². The average Bonchev–Trinajstić information content (AvgIpc) is 2.89. The van der Waals surface area contributed by atoms with Crippen molar-refractivity contribution in [3.63, 3.8) is 0 Å². The largest absolute Gasteiger partial charge is 0.497 e. The number of esters is 1. The molecule has 0 fully saturated rings. The van der Waals surface area contributed by atoms with Crippen LogP contribution in [0.15, 0.2) is 30.1 Å². The van der Waals surface area contributed by atoms with Crippen molar-refractivity contribution in [2.75, 3.05) is 13.7 Å². The highest BCUT2D eigenvalue weighted by molar-refractivity contribution is 5.90. The Labute approximate surface area is 131 Å². The number of aromatic nitrogens is 3. The molecule has 0 atom stereocenters. The topological polar surface area (TPSA) is 66.2 Å². The summed E-state index contributed by atoms with van der Waals surface area (Å²) >= 11 is 0. The number of ether oxygens (including phenoxy) is 2. The molecule has 2 aromatic rings. The third kappa shape index (κ3) is 4.12. The van der Waals surface area contributed by atoms with E-state index in [2.05, 4.69) is 15.0 Å². The van der Waals surface area contributed by atoms with Crippen LogP contribution in [0.25, 0.3) is 6.08 Å². The lowest BCUT2D eigenvalue weighted by molar-refractivity contribution is -0.140. The van der Waals surface area contributed by atoms with Gasteiger partial charge in [0.25, 0.3) is 0 Å². The molecule has 1 heterocycles. The summed E-state index contributed by atoms with van der Waals surface area (Å²) in [5, 5.41) is 7.13. The van der Waals surface area contributed by atoms with Crippen LogP contribution in [-0.4, -0.2) is 34.7 Å². The highest BCUT2D eigenvalue weighted by Gasteiger charge is 2.16. The third-order valence-electron chi connectivity index (χ3n) is 2.92.